The van der Waals surface area contributed by atoms with Crippen LogP contribution in [0.4, 0.5) is 0 Å². The first-order chi connectivity index (χ1) is 10.3. The van der Waals surface area contributed by atoms with Crippen LogP contribution in [0.1, 0.15) is 0 Å². The first-order valence-corrected chi connectivity index (χ1v) is 8.44. The molecule has 0 bridgehead atoms. The third-order valence-corrected chi connectivity index (χ3v) is 5.91. The fourth-order valence-electron chi connectivity index (χ4n) is 3.15. The van der Waals surface area contributed by atoms with E-state index in [9.17, 15) is 0 Å². The van der Waals surface area contributed by atoms with Crippen LogP contribution >= 0.6 is 27.3 Å². The van der Waals surface area contributed by atoms with E-state index in [0.717, 1.165) is 4.47 Å². The van der Waals surface area contributed by atoms with E-state index in [1.807, 2.05) is 11.3 Å². The average Bonchev–Trinajstić information content (AvgIpc) is 3.06. The molecule has 0 radical (unpaired) electrons. The Labute approximate surface area is 133 Å². The van der Waals surface area contributed by atoms with Crippen LogP contribution in [0.2, 0.25) is 0 Å². The van der Waals surface area contributed by atoms with Gasteiger partial charge in [-0.1, -0.05) is 36.4 Å². The van der Waals surface area contributed by atoms with E-state index in [1.54, 1.807) is 0 Å². The molecule has 5 aromatic rings. The Morgan fingerprint density at radius 1 is 0.857 bits per heavy atom. The normalized spacial score (nSPS) is 12.0. The summed E-state index contributed by atoms with van der Waals surface area (Å²) >= 11 is 5.62. The van der Waals surface area contributed by atoms with E-state index in [2.05, 4.69) is 75.5 Å². The van der Waals surface area contributed by atoms with Gasteiger partial charge in [0.25, 0.3) is 0 Å². The van der Waals surface area contributed by atoms with Gasteiger partial charge in [0.15, 0.2) is 0 Å². The first-order valence-electron chi connectivity index (χ1n) is 6.83. The van der Waals surface area contributed by atoms with Gasteiger partial charge in [0.1, 0.15) is 0 Å². The zero-order valence-electron chi connectivity index (χ0n) is 11.0. The fraction of sp³-hybridized carbons (Fsp3) is 0. The highest BCUT2D eigenvalue weighted by atomic mass is 79.9. The molecule has 2 aromatic heterocycles. The van der Waals surface area contributed by atoms with Crippen molar-refractivity contribution in [1.82, 2.24) is 4.98 Å². The predicted molar refractivity (Wildman–Crippen MR) is 96.4 cm³/mol. The molecule has 21 heavy (non-hydrogen) atoms. The Hall–Kier alpha value is -1.84. The lowest BCUT2D eigenvalue weighted by Gasteiger charge is -1.98. The number of fused-ring (bicyclic) bond motifs is 7. The van der Waals surface area contributed by atoms with Gasteiger partial charge in [0.05, 0.1) is 5.52 Å². The SMILES string of the molecule is Brc1cc2c3ccccc3sc2c2c1[nH]c1ccccc12. The summed E-state index contributed by atoms with van der Waals surface area (Å²) in [4.78, 5) is 3.54. The van der Waals surface area contributed by atoms with Gasteiger partial charge in [-0.15, -0.1) is 11.3 Å². The van der Waals surface area contributed by atoms with Crippen LogP contribution in [0, 0.1) is 0 Å². The number of nitrogens with one attached hydrogen (secondary N) is 1. The zero-order chi connectivity index (χ0) is 14.0. The van der Waals surface area contributed by atoms with Crippen molar-refractivity contribution in [3.05, 3.63) is 59.1 Å². The highest BCUT2D eigenvalue weighted by Gasteiger charge is 2.14. The van der Waals surface area contributed by atoms with Gasteiger partial charge >= 0.3 is 0 Å². The molecule has 2 heterocycles. The highest BCUT2D eigenvalue weighted by Crippen LogP contribution is 2.43. The van der Waals surface area contributed by atoms with Crippen LogP contribution < -0.4 is 0 Å². The minimum atomic E-state index is 1.13. The topological polar surface area (TPSA) is 15.8 Å². The lowest BCUT2D eigenvalue weighted by Crippen LogP contribution is -1.73. The third-order valence-electron chi connectivity index (χ3n) is 4.08. The van der Waals surface area contributed by atoms with Gasteiger partial charge < -0.3 is 4.98 Å². The van der Waals surface area contributed by atoms with E-state index in [-0.39, 0.29) is 0 Å². The molecule has 0 aliphatic heterocycles. The molecule has 3 heteroatoms. The maximum atomic E-state index is 3.74. The average molecular weight is 352 g/mol. The molecule has 0 aliphatic carbocycles. The second-order valence-corrected chi connectivity index (χ2v) is 7.16. The smallest absolute Gasteiger partial charge is 0.0624 e. The highest BCUT2D eigenvalue weighted by molar-refractivity contribution is 9.10. The molecule has 100 valence electrons. The van der Waals surface area contributed by atoms with Crippen molar-refractivity contribution >= 4 is 69.2 Å². The summed E-state index contributed by atoms with van der Waals surface area (Å²) in [6.07, 6.45) is 0. The largest absolute Gasteiger partial charge is 0.354 e. The summed E-state index contributed by atoms with van der Waals surface area (Å²) in [7, 11) is 0. The molecule has 0 aliphatic rings. The molecule has 5 rings (SSSR count). The summed E-state index contributed by atoms with van der Waals surface area (Å²) in [5.41, 5.74) is 2.38. The van der Waals surface area contributed by atoms with Gasteiger partial charge in [-0.25, -0.2) is 0 Å². The van der Waals surface area contributed by atoms with Crippen LogP contribution in [0.3, 0.4) is 0 Å². The van der Waals surface area contributed by atoms with Crippen LogP contribution in [-0.2, 0) is 0 Å². The van der Waals surface area contributed by atoms with Crippen molar-refractivity contribution in [3.63, 3.8) is 0 Å². The number of aromatic amines is 1. The second kappa shape index (κ2) is 4.09. The molecule has 0 amide bonds. The zero-order valence-corrected chi connectivity index (χ0v) is 13.4. The number of hydrogen-bond donors (Lipinski definition) is 1. The second-order valence-electron chi connectivity index (χ2n) is 5.25. The predicted octanol–water partition coefficient (Wildman–Crippen LogP) is 6.45. The Morgan fingerprint density at radius 3 is 2.52 bits per heavy atom. The number of benzene rings is 3. The van der Waals surface area contributed by atoms with Gasteiger partial charge in [-0.2, -0.15) is 0 Å². The molecule has 0 saturated carbocycles. The monoisotopic (exact) mass is 351 g/mol. The van der Waals surface area contributed by atoms with Crippen molar-refractivity contribution in [2.75, 3.05) is 0 Å². The summed E-state index contributed by atoms with van der Waals surface area (Å²) in [5.74, 6) is 0. The molecular formula is C18H10BrNS. The molecule has 0 atom stereocenters. The van der Waals surface area contributed by atoms with Crippen molar-refractivity contribution in [1.29, 1.82) is 0 Å². The van der Waals surface area contributed by atoms with E-state index in [4.69, 9.17) is 0 Å². The number of para-hydroxylation sites is 1. The summed E-state index contributed by atoms with van der Waals surface area (Å²) < 4.78 is 3.84. The maximum Gasteiger partial charge on any atom is 0.0624 e. The minimum Gasteiger partial charge on any atom is -0.354 e. The number of rotatable bonds is 0. The fourth-order valence-corrected chi connectivity index (χ4v) is 4.92. The Morgan fingerprint density at radius 2 is 1.62 bits per heavy atom. The van der Waals surface area contributed by atoms with Crippen LogP contribution in [0.5, 0.6) is 0 Å². The summed E-state index contributed by atoms with van der Waals surface area (Å²) in [5, 5.41) is 5.30. The van der Waals surface area contributed by atoms with Crippen LogP contribution in [0.25, 0.3) is 42.0 Å². The van der Waals surface area contributed by atoms with Crippen molar-refractivity contribution in [2.24, 2.45) is 0 Å². The number of aromatic nitrogens is 1. The maximum absolute atomic E-state index is 3.74. The van der Waals surface area contributed by atoms with Crippen LogP contribution in [-0.4, -0.2) is 4.98 Å². The molecule has 0 spiro atoms. The molecule has 0 saturated heterocycles. The Kier molecular flexibility index (Phi) is 2.29. The quantitative estimate of drug-likeness (QED) is 0.330. The summed E-state index contributed by atoms with van der Waals surface area (Å²) in [6, 6.07) is 19.4. The van der Waals surface area contributed by atoms with Crippen LogP contribution in [0.15, 0.2) is 59.1 Å². The number of hydrogen-bond acceptors (Lipinski definition) is 1. The van der Waals surface area contributed by atoms with Gasteiger partial charge in [0, 0.05) is 40.9 Å². The van der Waals surface area contributed by atoms with Crippen molar-refractivity contribution < 1.29 is 0 Å². The molecule has 3 aromatic carbocycles. The lowest BCUT2D eigenvalue weighted by atomic mass is 10.1. The number of thiophene rings is 1. The molecular weight excluding hydrogens is 342 g/mol. The van der Waals surface area contributed by atoms with E-state index < -0.39 is 0 Å². The van der Waals surface area contributed by atoms with Gasteiger partial charge in [-0.3, -0.25) is 0 Å². The van der Waals surface area contributed by atoms with E-state index in [0.29, 0.717) is 0 Å². The molecule has 0 fully saturated rings. The van der Waals surface area contributed by atoms with Gasteiger partial charge in [-0.05, 0) is 34.1 Å². The van der Waals surface area contributed by atoms with E-state index in [1.165, 1.54) is 42.0 Å². The number of halogens is 1. The molecule has 1 N–H and O–H groups in total. The third kappa shape index (κ3) is 1.50. The standard InChI is InChI=1S/C18H10BrNS/c19-13-9-12-10-5-2-4-8-15(10)21-18(12)16-11-6-1-3-7-14(11)20-17(13)16/h1-9,20H. The minimum absolute atomic E-state index is 1.13. The Balaban J connectivity index is 2.17. The van der Waals surface area contributed by atoms with Crippen molar-refractivity contribution in [3.8, 4) is 0 Å². The van der Waals surface area contributed by atoms with Crippen molar-refractivity contribution in [2.45, 2.75) is 0 Å². The van der Waals surface area contributed by atoms with E-state index >= 15 is 0 Å². The van der Waals surface area contributed by atoms with Gasteiger partial charge in [0.2, 0.25) is 0 Å². The Bertz CT molecular complexity index is 1150. The molecule has 1 nitrogen and oxygen atoms in total. The summed E-state index contributed by atoms with van der Waals surface area (Å²) in [6.45, 7) is 0. The number of H-pyrrole nitrogens is 1. The lowest BCUT2D eigenvalue weighted by molar-refractivity contribution is 1.54. The first kappa shape index (κ1) is 11.8. The molecule has 0 unspecified atom stereocenters.